The van der Waals surface area contributed by atoms with E-state index in [0.717, 1.165) is 42.1 Å². The number of nitrogens with zero attached hydrogens (tertiary/aromatic N) is 7. The number of ketones is 4. The van der Waals surface area contributed by atoms with Crippen LogP contribution in [-0.2, 0) is 103 Å². The lowest BCUT2D eigenvalue weighted by Gasteiger charge is -2.44. The van der Waals surface area contributed by atoms with Gasteiger partial charge in [-0.2, -0.15) is 5.26 Å². The number of hydrogen-bond donors (Lipinski definition) is 6. The van der Waals surface area contributed by atoms with Crippen LogP contribution in [0.25, 0.3) is 0 Å². The minimum absolute atomic E-state index is 0. The summed E-state index contributed by atoms with van der Waals surface area (Å²) >= 11 is 0. The number of aliphatic imine (C=N–C) groups is 1. The van der Waals surface area contributed by atoms with Crippen LogP contribution in [0.15, 0.2) is 119 Å². The van der Waals surface area contributed by atoms with Crippen molar-refractivity contribution in [1.82, 2.24) is 43.5 Å². The highest BCUT2D eigenvalue weighted by Gasteiger charge is 2.66. The molecule has 5 saturated heterocycles. The van der Waals surface area contributed by atoms with Crippen LogP contribution in [0.3, 0.4) is 0 Å². The first-order valence-corrected chi connectivity index (χ1v) is 56.8. The number of benzene rings is 2. The molecule has 0 bridgehead atoms. The molecule has 21 atom stereocenters. The number of ether oxygens (including phenoxy) is 9. The van der Waals surface area contributed by atoms with Gasteiger partial charge in [0.2, 0.25) is 0 Å². The Labute approximate surface area is 864 Å². The number of imide groups is 2. The second kappa shape index (κ2) is 53.4. The summed E-state index contributed by atoms with van der Waals surface area (Å²) in [6, 6.07) is 17.2. The van der Waals surface area contributed by atoms with Crippen LogP contribution in [0.5, 0.6) is 0 Å². The number of phosphoric ester groups is 1. The Morgan fingerprint density at radius 1 is 0.601 bits per heavy atom. The van der Waals surface area contributed by atoms with Gasteiger partial charge in [0, 0.05) is 136 Å². The number of fused-ring (bicyclic) bond motifs is 2. The van der Waals surface area contributed by atoms with Crippen molar-refractivity contribution in [3.05, 3.63) is 170 Å². The molecule has 0 saturated carbocycles. The summed E-state index contributed by atoms with van der Waals surface area (Å²) < 4.78 is 119. The number of carbonyl (C=O) groups excluding carboxylic acids is 8. The van der Waals surface area contributed by atoms with Gasteiger partial charge < -0.3 is 75.2 Å². The molecule has 45 nitrogen and oxygen atoms in total. The number of aliphatic hydroxyl groups excluding tert-OH is 1. The number of rotatable bonds is 36. The first-order valence-electron chi connectivity index (χ1n) is 48.4. The largest absolute Gasteiger partial charge is 0.475 e. The van der Waals surface area contributed by atoms with Gasteiger partial charge in [-0.25, -0.2) is 28.5 Å². The zero-order valence-electron chi connectivity index (χ0n) is 89.0. The summed E-state index contributed by atoms with van der Waals surface area (Å²) in [7, 11) is -3.50. The van der Waals surface area contributed by atoms with Crippen molar-refractivity contribution < 1.29 is 132 Å². The number of amides is 4. The van der Waals surface area contributed by atoms with Crippen LogP contribution in [0, 0.1) is 29.1 Å². The number of aliphatic hydroxyl groups is 1. The van der Waals surface area contributed by atoms with Gasteiger partial charge in [-0.15, -0.1) is 0 Å². The highest BCUT2D eigenvalue weighted by molar-refractivity contribution is 7.48. The van der Waals surface area contributed by atoms with Gasteiger partial charge in [0.15, 0.2) is 52.9 Å². The fourth-order valence-corrected chi connectivity index (χ4v) is 23.2. The lowest BCUT2D eigenvalue weighted by molar-refractivity contribution is -0.306. The molecule has 1 aliphatic carbocycles. The third kappa shape index (κ3) is 30.1. The van der Waals surface area contributed by atoms with Crippen LogP contribution in [0.2, 0.25) is 36.3 Å². The van der Waals surface area contributed by atoms with E-state index in [4.69, 9.17) is 84.6 Å². The summed E-state index contributed by atoms with van der Waals surface area (Å²) in [5, 5.41) is 27.6. The van der Waals surface area contributed by atoms with Crippen LogP contribution in [-0.4, -0.2) is 296 Å². The van der Waals surface area contributed by atoms with Gasteiger partial charge in [0.25, 0.3) is 48.8 Å². The number of Topliss-reactive ketones (excluding diaryl/α,β-unsaturated/α-hetero) is 4. The van der Waals surface area contributed by atoms with Crippen molar-refractivity contribution >= 4 is 86.0 Å². The first kappa shape index (κ1) is 126. The van der Waals surface area contributed by atoms with Crippen molar-refractivity contribution in [2.45, 2.75) is 328 Å². The Balaban J connectivity index is 0.000000297. The number of aromatic amines is 3. The quantitative estimate of drug-likeness (QED) is 0.00542. The number of methoxy groups -OCH3 is 4. The van der Waals surface area contributed by atoms with Gasteiger partial charge in [0.05, 0.1) is 66.9 Å². The Hall–Kier alpha value is -9.11. The molecule has 148 heavy (non-hydrogen) atoms. The Morgan fingerprint density at radius 2 is 1.01 bits per heavy atom. The maximum atomic E-state index is 15.0. The average Bonchev–Trinajstić information content (AvgIpc) is 1.58. The zero-order chi connectivity index (χ0) is 110. The monoisotopic (exact) mass is 2160 g/mol. The lowest BCUT2D eigenvalue weighted by atomic mass is 9.86. The van der Waals surface area contributed by atoms with E-state index in [2.05, 4.69) is 96.4 Å². The molecule has 824 valence electrons. The average molecular weight is 2160 g/mol. The molecule has 7 aliphatic heterocycles. The fourth-order valence-electron chi connectivity index (χ4n) is 17.8. The maximum Gasteiger partial charge on any atom is 0.475 e. The summed E-state index contributed by atoms with van der Waals surface area (Å²) in [4.78, 5) is 193. The lowest BCUT2D eigenvalue weighted by Crippen LogP contribution is -2.60. The van der Waals surface area contributed by atoms with Crippen molar-refractivity contribution in [2.24, 2.45) is 22.7 Å². The normalized spacial score (nSPS) is 26.4. The number of hydrogen-bond acceptors (Lipinski definition) is 37. The highest BCUT2D eigenvalue weighted by Crippen LogP contribution is 2.58. The van der Waals surface area contributed by atoms with Crippen LogP contribution < -0.4 is 39.1 Å². The van der Waals surface area contributed by atoms with Gasteiger partial charge in [0.1, 0.15) is 77.7 Å². The van der Waals surface area contributed by atoms with Crippen molar-refractivity contribution in [1.29, 1.82) is 5.26 Å². The summed E-state index contributed by atoms with van der Waals surface area (Å²) in [5.74, 6) is -5.35. The van der Waals surface area contributed by atoms with E-state index >= 15 is 4.57 Å². The number of aromatic nitrogens is 6. The smallest absolute Gasteiger partial charge is 0.408 e. The second-order valence-corrected chi connectivity index (χ2v) is 54.3. The molecule has 0 spiro atoms. The van der Waals surface area contributed by atoms with Gasteiger partial charge >= 0.3 is 24.9 Å². The molecule has 3 aromatic heterocycles. The van der Waals surface area contributed by atoms with E-state index in [1.165, 1.54) is 114 Å². The van der Waals surface area contributed by atoms with Crippen molar-refractivity contribution in [3.8, 4) is 6.07 Å². The number of carbonyl (C=O) groups is 8. The number of phosphoric acid groups is 1. The van der Waals surface area contributed by atoms with Gasteiger partial charge in [-0.3, -0.25) is 106 Å². The molecule has 49 heteroatoms. The number of nitrogens with one attached hydrogen (secondary N) is 4. The van der Waals surface area contributed by atoms with E-state index < -0.39 is 236 Å². The van der Waals surface area contributed by atoms with Crippen LogP contribution >= 0.6 is 16.3 Å². The SMILES string of the molecule is C.C1CCOC1.CC#N.CC(C)(C)OO.CO[C@H]1C(OP(=O)(OC)OC[C@@]2(CN3C(=O)c4ccccc4C3=O)O[C@@H](C3N=CC(=O)NC3=O)[C@@H](OC)C2O[Si](C)(C)C(C)(C)C)[C@@H]([C@@H](C)CC(C)=O)O[C@H]1n1ccc(=O)[nH]c1=O.CO[C@H]1C(OP(OC)N(C(C)C)C(C)C)[C@@H]([C@@H](C)CC(C)=O)O[C@H]1n1ccc(=O)[nH]c1=O.CO[C@H]1C(O[Si](C)(C)C(C)(C)C)[C@](CO)(CCC2C(=O)c3ccccc3C2=O)O[C@H]1n1ccc(=O)[nH]c1=O. The predicted octanol–water partition coefficient (Wildman–Crippen LogP) is 10.5. The Morgan fingerprint density at radius 3 is 1.36 bits per heavy atom. The minimum Gasteiger partial charge on any atom is -0.408 e. The molecule has 8 aliphatic rings. The van der Waals surface area contributed by atoms with E-state index in [-0.39, 0.29) is 90.4 Å². The molecule has 6 N–H and O–H groups in total. The maximum absolute atomic E-state index is 15.0. The number of H-pyrrole nitrogens is 3. The van der Waals surface area contributed by atoms with Gasteiger partial charge in [-0.05, 0) is 148 Å². The molecular weight excluding hydrogens is 2010 g/mol. The summed E-state index contributed by atoms with van der Waals surface area (Å²) in [6.45, 7) is 41.7. The molecule has 4 amide bonds. The van der Waals surface area contributed by atoms with Crippen molar-refractivity contribution in [3.63, 3.8) is 0 Å². The molecule has 7 unspecified atom stereocenters. The van der Waals surface area contributed by atoms with Gasteiger partial charge in [-0.1, -0.05) is 99.2 Å². The van der Waals surface area contributed by atoms with E-state index in [1.54, 1.807) is 77.3 Å². The standard InChI is InChI=1S/C40H54N5O16PSi.C27H36N2O8Si.C21H36N3O7P.C4H10O2.C4H8O.C2H3N.CH4/c1-21(17-22(2)46)28-30(32(55-7)37(58-28)44-16-15-25(47)43-38(44)52)60-62(53,56-8)57-20-40(19-45-35(50)23-13-11-12-14-24(23)36(45)51)33(61-63(9,10)39(3,4)5)31(54-6)29(59-40)27-34(49)42-26(48)18-41-27;1-26(2,3)38(5,6)37-23-22(35-4)24(29-14-12-19(31)28-25(29)34)36-27(23,15-30)13-11-18-20(32)16-9-7-8-10-17(16)21(18)33;1-12(2)24(13(3)4)32(29-8)31-18-17(14(5)11-15(6)25)30-20(19(18)28-7)23-10-9-16(26)22-21(23)27;1-4(2,3)6-5;1-2-4-5-3-1;1-2-3;/h11-16,18,21,27-33,37H,17,19-20H2,1-10H3,(H,42,48,49)(H,43,47,52);7-10,12,14,18,22-24,30H,11,13,15H2,1-6H3,(H,28,31,34);9-10,12-14,17-20H,11H2,1-8H3,(H,22,26,27);5H,1-3H3;1-4H2;1H3;1H4/t21-,27?,28+,29-,30?,31+,32-,33?,37+,40+,62?;22-,23?,24+,27+;14-,17+,18?,19-,20+,32?;;;;/m000..../s1. The predicted molar refractivity (Wildman–Crippen MR) is 549 cm³/mol. The molecule has 5 fully saturated rings. The van der Waals surface area contributed by atoms with E-state index in [9.17, 15) is 72.2 Å². The van der Waals surface area contributed by atoms with E-state index in [1.807, 2.05) is 40.8 Å². The minimum atomic E-state index is -4.89. The third-order valence-corrected chi connectivity index (χ3v) is 39.4. The summed E-state index contributed by atoms with van der Waals surface area (Å²) in [5.41, 5.74) is -6.65. The molecule has 13 rings (SSSR count). The fraction of sp³-hybridized carbons (Fsp3) is 0.657. The molecule has 0 radical (unpaired) electrons. The first-order chi connectivity index (χ1) is 68.7. The second-order valence-electron chi connectivity index (χ2n) is 41.5. The third-order valence-electron chi connectivity index (χ3n) is 27.0. The summed E-state index contributed by atoms with van der Waals surface area (Å²) in [6.07, 6.45) is -6.25. The van der Waals surface area contributed by atoms with Crippen LogP contribution in [0.1, 0.15) is 231 Å². The van der Waals surface area contributed by atoms with E-state index in [0.29, 0.717) is 11.1 Å². The van der Waals surface area contributed by atoms with Crippen molar-refractivity contribution in [2.75, 3.05) is 75.6 Å². The van der Waals surface area contributed by atoms with Crippen LogP contribution in [0.4, 0.5) is 0 Å². The molecule has 10 heterocycles. The number of nitriles is 1. The highest BCUT2D eigenvalue weighted by atomic mass is 31.2. The molecule has 5 aromatic rings. The topological polar surface area (TPSA) is 570 Å². The molecular formula is C99H151N11O34P2Si2. The Kier molecular flexibility index (Phi) is 45.4. The molecule has 2 aromatic carbocycles. The zero-order valence-corrected chi connectivity index (χ0v) is 92.8. The Bertz CT molecular complexity index is 5810.